The van der Waals surface area contributed by atoms with Gasteiger partial charge in [-0.2, -0.15) is 0 Å². The van der Waals surface area contributed by atoms with Crippen LogP contribution in [-0.2, 0) is 9.53 Å². The van der Waals surface area contributed by atoms with Crippen molar-refractivity contribution in [2.24, 2.45) is 0 Å². The van der Waals surface area contributed by atoms with Crippen LogP contribution < -0.4 is 4.74 Å². The third-order valence-corrected chi connectivity index (χ3v) is 4.99. The fourth-order valence-electron chi connectivity index (χ4n) is 3.25. The quantitative estimate of drug-likeness (QED) is 0.336. The van der Waals surface area contributed by atoms with Gasteiger partial charge in [0, 0.05) is 16.5 Å². The van der Waals surface area contributed by atoms with Gasteiger partial charge >= 0.3 is 5.97 Å². The van der Waals surface area contributed by atoms with Gasteiger partial charge in [-0.15, -0.1) is 0 Å². The molecule has 1 aliphatic heterocycles. The molecule has 1 aliphatic rings. The van der Waals surface area contributed by atoms with Crippen LogP contribution >= 0.6 is 11.6 Å². The number of halogens is 1. The minimum absolute atomic E-state index is 0.325. The van der Waals surface area contributed by atoms with Crippen molar-refractivity contribution in [1.82, 2.24) is 4.98 Å². The van der Waals surface area contributed by atoms with Gasteiger partial charge in [-0.25, -0.2) is 9.78 Å². The summed E-state index contributed by atoms with van der Waals surface area (Å²) in [5.41, 5.74) is 4.95. The van der Waals surface area contributed by atoms with E-state index < -0.39 is 5.97 Å². The highest BCUT2D eigenvalue weighted by Crippen LogP contribution is 2.31. The molecule has 0 N–H and O–H groups in total. The summed E-state index contributed by atoms with van der Waals surface area (Å²) in [7, 11) is 1.61. The lowest BCUT2D eigenvalue weighted by Gasteiger charge is -2.06. The lowest BCUT2D eigenvalue weighted by Crippen LogP contribution is -1.98. The van der Waals surface area contributed by atoms with Crippen LogP contribution in [0.3, 0.4) is 0 Å². The zero-order valence-corrected chi connectivity index (χ0v) is 16.5. The van der Waals surface area contributed by atoms with Gasteiger partial charge in [-0.3, -0.25) is 0 Å². The van der Waals surface area contributed by atoms with Crippen molar-refractivity contribution in [2.45, 2.75) is 13.8 Å². The number of nitrogens with zero attached hydrogens (tertiary/aromatic N) is 1. The summed E-state index contributed by atoms with van der Waals surface area (Å²) in [6.07, 6.45) is 3.44. The maximum Gasteiger partial charge on any atom is 0.343 e. The molecule has 0 fully saturated rings. The molecule has 0 aliphatic carbocycles. The first kappa shape index (κ1) is 18.3. The van der Waals surface area contributed by atoms with E-state index in [0.29, 0.717) is 22.0 Å². The van der Waals surface area contributed by atoms with E-state index in [-0.39, 0.29) is 0 Å². The van der Waals surface area contributed by atoms with Crippen molar-refractivity contribution in [3.63, 3.8) is 0 Å². The Hall–Kier alpha value is -3.11. The number of aromatic nitrogens is 1. The van der Waals surface area contributed by atoms with Gasteiger partial charge < -0.3 is 9.47 Å². The molecule has 0 bridgehead atoms. The fraction of sp³-hybridized carbons (Fsp3) is 0.130. The molecular weight excluding hydrogens is 374 g/mol. The topological polar surface area (TPSA) is 48.4 Å². The number of hydrogen-bond acceptors (Lipinski definition) is 4. The number of carbonyl (C=O) groups is 1. The number of methoxy groups -OCH3 is 1. The Morgan fingerprint density at radius 3 is 2.68 bits per heavy atom. The number of aryl methyl sites for hydroxylation is 2. The number of carbonyl (C=O) groups excluding carboxylic acids is 1. The summed E-state index contributed by atoms with van der Waals surface area (Å²) in [6, 6.07) is 13.5. The summed E-state index contributed by atoms with van der Waals surface area (Å²) in [6.45, 7) is 4.02. The van der Waals surface area contributed by atoms with Crippen LogP contribution in [0.2, 0.25) is 5.15 Å². The standard InChI is InChI=1S/C23H18ClNO3/c1-13-4-6-19(14(2)8-13)21-12-17(23(26)28-21)10-16-9-15-11-18(27-3)5-7-20(15)25-22(16)24/h4-12H,1-3H3/b17-10+. The minimum atomic E-state index is -0.406. The van der Waals surface area contributed by atoms with Gasteiger partial charge in [0.15, 0.2) is 0 Å². The van der Waals surface area contributed by atoms with Crippen LogP contribution in [0.15, 0.2) is 54.1 Å². The average molecular weight is 392 g/mol. The molecule has 140 valence electrons. The van der Waals surface area contributed by atoms with E-state index in [9.17, 15) is 4.79 Å². The molecule has 0 saturated carbocycles. The largest absolute Gasteiger partial charge is 0.497 e. The van der Waals surface area contributed by atoms with E-state index in [4.69, 9.17) is 21.1 Å². The van der Waals surface area contributed by atoms with Crippen LogP contribution in [0.1, 0.15) is 22.3 Å². The molecule has 0 saturated heterocycles. The number of esters is 1. The van der Waals surface area contributed by atoms with Crippen LogP contribution in [0, 0.1) is 13.8 Å². The van der Waals surface area contributed by atoms with Gasteiger partial charge in [0.05, 0.1) is 18.2 Å². The molecule has 28 heavy (non-hydrogen) atoms. The lowest BCUT2D eigenvalue weighted by molar-refractivity contribution is -0.130. The Labute approximate surface area is 168 Å². The van der Waals surface area contributed by atoms with E-state index in [1.807, 2.05) is 50.2 Å². The number of cyclic esters (lactones) is 1. The molecule has 2 aromatic carbocycles. The van der Waals surface area contributed by atoms with Gasteiger partial charge in [0.25, 0.3) is 0 Å². The number of rotatable bonds is 3. The van der Waals surface area contributed by atoms with Gasteiger partial charge in [-0.1, -0.05) is 35.4 Å². The van der Waals surface area contributed by atoms with E-state index in [1.165, 1.54) is 0 Å². The Morgan fingerprint density at radius 2 is 1.93 bits per heavy atom. The highest BCUT2D eigenvalue weighted by molar-refractivity contribution is 6.31. The average Bonchev–Trinajstić information content (AvgIpc) is 3.02. The van der Waals surface area contributed by atoms with Gasteiger partial charge in [-0.05, 0) is 55.8 Å². The predicted molar refractivity (Wildman–Crippen MR) is 111 cm³/mol. The molecule has 5 heteroatoms. The molecule has 0 radical (unpaired) electrons. The van der Waals surface area contributed by atoms with E-state index in [2.05, 4.69) is 11.1 Å². The molecular formula is C23H18ClNO3. The van der Waals surface area contributed by atoms with E-state index >= 15 is 0 Å². The van der Waals surface area contributed by atoms with Crippen molar-refractivity contribution in [1.29, 1.82) is 0 Å². The van der Waals surface area contributed by atoms with Crippen LogP contribution in [-0.4, -0.2) is 18.1 Å². The summed E-state index contributed by atoms with van der Waals surface area (Å²) < 4.78 is 10.8. The monoisotopic (exact) mass is 391 g/mol. The van der Waals surface area contributed by atoms with Crippen molar-refractivity contribution >= 4 is 40.3 Å². The Kier molecular flexibility index (Phi) is 4.65. The van der Waals surface area contributed by atoms with Crippen molar-refractivity contribution in [3.05, 3.63) is 81.5 Å². The summed E-state index contributed by atoms with van der Waals surface area (Å²) in [5.74, 6) is 0.865. The lowest BCUT2D eigenvalue weighted by atomic mass is 10.0. The first-order chi connectivity index (χ1) is 13.4. The van der Waals surface area contributed by atoms with Crippen molar-refractivity contribution in [3.8, 4) is 5.75 Å². The highest BCUT2D eigenvalue weighted by atomic mass is 35.5. The Balaban J connectivity index is 1.76. The first-order valence-corrected chi connectivity index (χ1v) is 9.20. The number of pyridine rings is 1. The van der Waals surface area contributed by atoms with E-state index in [0.717, 1.165) is 33.3 Å². The molecule has 2 heterocycles. The predicted octanol–water partition coefficient (Wildman–Crippen LogP) is 5.49. The first-order valence-electron chi connectivity index (χ1n) is 8.82. The third-order valence-electron chi connectivity index (χ3n) is 4.69. The summed E-state index contributed by atoms with van der Waals surface area (Å²) in [4.78, 5) is 16.8. The number of ether oxygens (including phenoxy) is 2. The molecule has 0 atom stereocenters. The number of benzene rings is 2. The molecule has 0 unspecified atom stereocenters. The number of hydrogen-bond donors (Lipinski definition) is 0. The third kappa shape index (κ3) is 3.39. The second-order valence-electron chi connectivity index (χ2n) is 6.74. The second-order valence-corrected chi connectivity index (χ2v) is 7.10. The van der Waals surface area contributed by atoms with Gasteiger partial charge in [0.2, 0.25) is 0 Å². The normalized spacial score (nSPS) is 15.1. The number of fused-ring (bicyclic) bond motifs is 1. The SMILES string of the molecule is COc1ccc2nc(Cl)c(/C=C3\C=C(c4ccc(C)cc4C)OC3=O)cc2c1. The maximum atomic E-state index is 12.4. The Morgan fingerprint density at radius 1 is 1.11 bits per heavy atom. The zero-order valence-electron chi connectivity index (χ0n) is 15.7. The summed E-state index contributed by atoms with van der Waals surface area (Å²) >= 11 is 6.34. The molecule has 4 rings (SSSR count). The highest BCUT2D eigenvalue weighted by Gasteiger charge is 2.23. The molecule has 0 amide bonds. The van der Waals surface area contributed by atoms with Gasteiger partial charge in [0.1, 0.15) is 16.7 Å². The van der Waals surface area contributed by atoms with E-state index in [1.54, 1.807) is 19.3 Å². The Bertz CT molecular complexity index is 1180. The molecule has 3 aromatic rings. The summed E-state index contributed by atoms with van der Waals surface area (Å²) in [5, 5.41) is 1.20. The molecule has 4 nitrogen and oxygen atoms in total. The van der Waals surface area contributed by atoms with Crippen molar-refractivity contribution in [2.75, 3.05) is 7.11 Å². The minimum Gasteiger partial charge on any atom is -0.497 e. The fourth-order valence-corrected chi connectivity index (χ4v) is 3.46. The maximum absolute atomic E-state index is 12.4. The smallest absolute Gasteiger partial charge is 0.343 e. The van der Waals surface area contributed by atoms with Crippen LogP contribution in [0.5, 0.6) is 5.75 Å². The van der Waals surface area contributed by atoms with Crippen molar-refractivity contribution < 1.29 is 14.3 Å². The molecule has 0 spiro atoms. The van der Waals surface area contributed by atoms with Crippen LogP contribution in [0.4, 0.5) is 0 Å². The zero-order chi connectivity index (χ0) is 19.8. The molecule has 1 aromatic heterocycles. The second kappa shape index (κ2) is 7.13. The van der Waals surface area contributed by atoms with Crippen LogP contribution in [0.25, 0.3) is 22.7 Å².